The number of amides is 4. The normalized spacial score (nSPS) is 18.6. The highest BCUT2D eigenvalue weighted by Gasteiger charge is 2.44. The number of aliphatic hydroxyl groups excluding tert-OH is 1. The van der Waals surface area contributed by atoms with Gasteiger partial charge in [0.2, 0.25) is 23.6 Å². The third kappa shape index (κ3) is 13.2. The van der Waals surface area contributed by atoms with Crippen LogP contribution in [0.1, 0.15) is 83.4 Å². The molecule has 6 N–H and O–H groups in total. The fraction of sp³-hybridized carbons (Fsp3) is 0.463. The smallest absolute Gasteiger partial charge is 0.246 e. The number of piperidine rings is 1. The Morgan fingerprint density at radius 3 is 2.30 bits per heavy atom. The van der Waals surface area contributed by atoms with Gasteiger partial charge in [0.25, 0.3) is 0 Å². The molecule has 0 radical (unpaired) electrons. The summed E-state index contributed by atoms with van der Waals surface area (Å²) in [6.07, 6.45) is 3.22. The first-order chi connectivity index (χ1) is 35.0. The van der Waals surface area contributed by atoms with Crippen LogP contribution in [0.5, 0.6) is 11.5 Å². The second kappa shape index (κ2) is 23.3. The molecule has 3 aromatic carbocycles. The quantitative estimate of drug-likeness (QED) is 0.0633. The lowest BCUT2D eigenvalue weighted by atomic mass is 9.85. The summed E-state index contributed by atoms with van der Waals surface area (Å²) in [6.45, 7) is 11.9. The van der Waals surface area contributed by atoms with E-state index >= 15 is 0 Å². The number of hydrogen-bond donors (Lipinski definition) is 5. The van der Waals surface area contributed by atoms with Crippen molar-refractivity contribution in [3.8, 4) is 33.2 Å². The number of ether oxygens (including phenoxy) is 1. The molecular formula is C54H67FN10O7S. The van der Waals surface area contributed by atoms with E-state index in [1.165, 1.54) is 23.1 Å². The number of nitrogens with two attached hydrogens (primary N) is 1. The van der Waals surface area contributed by atoms with Gasteiger partial charge in [0.15, 0.2) is 11.6 Å². The Morgan fingerprint density at radius 2 is 1.60 bits per heavy atom. The highest BCUT2D eigenvalue weighted by Crippen LogP contribution is 2.34. The molecule has 4 atom stereocenters. The second-order valence-electron chi connectivity index (χ2n) is 20.4. The van der Waals surface area contributed by atoms with Crippen LogP contribution in [0.25, 0.3) is 21.7 Å². The summed E-state index contributed by atoms with van der Waals surface area (Å²) in [5.41, 5.74) is 12.8. The number of carbonyl (C=O) groups excluding carboxylic acids is 4. The number of phenolic OH excluding ortho intramolecular Hbond substituents is 1. The maximum atomic E-state index is 14.1. The van der Waals surface area contributed by atoms with E-state index in [-0.39, 0.29) is 72.6 Å². The van der Waals surface area contributed by atoms with Crippen LogP contribution in [0.2, 0.25) is 0 Å². The minimum atomic E-state index is -0.911. The molecule has 3 aliphatic rings. The Hall–Kier alpha value is -6.86. The number of likely N-dealkylation sites (tertiary alicyclic amines) is 1. The van der Waals surface area contributed by atoms with Crippen molar-refractivity contribution in [1.29, 1.82) is 0 Å². The largest absolute Gasteiger partial charge is 0.507 e. The van der Waals surface area contributed by atoms with Gasteiger partial charge in [-0.05, 0) is 91.6 Å². The van der Waals surface area contributed by atoms with Crippen LogP contribution >= 0.6 is 11.3 Å². The molecule has 19 heteroatoms. The van der Waals surface area contributed by atoms with E-state index in [0.717, 1.165) is 52.5 Å². The van der Waals surface area contributed by atoms with Crippen molar-refractivity contribution in [3.63, 3.8) is 0 Å². The van der Waals surface area contributed by atoms with E-state index in [9.17, 15) is 33.8 Å². The molecule has 0 saturated carbocycles. The van der Waals surface area contributed by atoms with Crippen LogP contribution in [-0.2, 0) is 25.7 Å². The van der Waals surface area contributed by atoms with Crippen LogP contribution < -0.4 is 30.9 Å². The van der Waals surface area contributed by atoms with Crippen LogP contribution in [0.15, 0.2) is 78.3 Å². The monoisotopic (exact) mass is 1020 g/mol. The molecule has 0 bridgehead atoms. The summed E-state index contributed by atoms with van der Waals surface area (Å²) in [5.74, 6) is -1.14. The molecule has 3 aliphatic heterocycles. The number of unbranched alkanes of at least 4 members (excludes halogenated alkanes) is 2. The average Bonchev–Trinajstić information content (AvgIpc) is 4.01. The van der Waals surface area contributed by atoms with Gasteiger partial charge in [0.1, 0.15) is 35.4 Å². The minimum Gasteiger partial charge on any atom is -0.507 e. The topological polar surface area (TPSA) is 220 Å². The maximum Gasteiger partial charge on any atom is 0.246 e. The Morgan fingerprint density at radius 1 is 0.890 bits per heavy atom. The van der Waals surface area contributed by atoms with E-state index < -0.39 is 35.3 Å². The van der Waals surface area contributed by atoms with Crippen LogP contribution in [0.3, 0.4) is 0 Å². The molecule has 0 aliphatic carbocycles. The first kappa shape index (κ1) is 52.5. The Bertz CT molecular complexity index is 2730. The summed E-state index contributed by atoms with van der Waals surface area (Å²) in [6, 6.07) is 19.7. The molecule has 5 heterocycles. The van der Waals surface area contributed by atoms with Gasteiger partial charge in [-0.2, -0.15) is 0 Å². The summed E-state index contributed by atoms with van der Waals surface area (Å²) >= 11 is 1.57. The van der Waals surface area contributed by atoms with Crippen molar-refractivity contribution < 1.29 is 38.5 Å². The number of nitrogens with one attached hydrogen (secondary N) is 2. The van der Waals surface area contributed by atoms with Gasteiger partial charge in [-0.15, -0.1) is 21.5 Å². The molecule has 3 fully saturated rings. The lowest BCUT2D eigenvalue weighted by Crippen LogP contribution is -2.57. The number of halogens is 1. The number of hydrogen-bond acceptors (Lipinski definition) is 14. The second-order valence-corrected chi connectivity index (χ2v) is 21.2. The van der Waals surface area contributed by atoms with Gasteiger partial charge >= 0.3 is 0 Å². The SMILES string of the molecule is Cc1ncsc1-c1ccc(CNC(=O)[C@@H]2C[C@@H](O)CN2C(=O)[C@@H](NC(=O)CCCCCC(=O)N2CCN(c3ccc(N4CCCC(Oc5cc(-c6cc(F)ccc6O)nnc5N)C4)cc3)CC2)C(C)(C)C)cc1. The number of rotatable bonds is 17. The number of aliphatic hydroxyl groups is 1. The number of thiazole rings is 1. The molecule has 73 heavy (non-hydrogen) atoms. The number of nitrogens with zero attached hydrogens (tertiary/aromatic N) is 7. The predicted molar refractivity (Wildman–Crippen MR) is 279 cm³/mol. The van der Waals surface area contributed by atoms with Crippen molar-refractivity contribution >= 4 is 52.2 Å². The van der Waals surface area contributed by atoms with E-state index in [0.29, 0.717) is 64.2 Å². The Labute approximate surface area is 429 Å². The molecule has 4 amide bonds. The lowest BCUT2D eigenvalue weighted by molar-refractivity contribution is -0.144. The van der Waals surface area contributed by atoms with Gasteiger partial charge in [0, 0.05) is 88.1 Å². The third-order valence-corrected chi connectivity index (χ3v) is 14.9. The number of nitrogen functional groups attached to an aromatic ring is 1. The zero-order valence-corrected chi connectivity index (χ0v) is 42.9. The number of piperazine rings is 1. The lowest BCUT2D eigenvalue weighted by Gasteiger charge is -2.37. The van der Waals surface area contributed by atoms with Crippen LogP contribution in [0, 0.1) is 18.2 Å². The number of benzene rings is 3. The number of aromatic nitrogens is 3. The first-order valence-corrected chi connectivity index (χ1v) is 26.1. The number of β-amino-alcohol motifs (C(OH)–C–C–N with tert-alkyl or cyclic N) is 1. The van der Waals surface area contributed by atoms with E-state index in [1.807, 2.05) is 62.4 Å². The number of aromatic hydroxyl groups is 1. The van der Waals surface area contributed by atoms with Gasteiger partial charge in [-0.3, -0.25) is 19.2 Å². The molecule has 8 rings (SSSR count). The van der Waals surface area contributed by atoms with Crippen molar-refractivity contribution in [2.45, 2.75) is 110 Å². The minimum absolute atomic E-state index is 0.000972. The molecule has 3 saturated heterocycles. The summed E-state index contributed by atoms with van der Waals surface area (Å²) < 4.78 is 20.3. The van der Waals surface area contributed by atoms with Crippen molar-refractivity contribution in [1.82, 2.24) is 35.6 Å². The van der Waals surface area contributed by atoms with Gasteiger partial charge < -0.3 is 50.9 Å². The predicted octanol–water partition coefficient (Wildman–Crippen LogP) is 6.46. The Kier molecular flexibility index (Phi) is 16.8. The summed E-state index contributed by atoms with van der Waals surface area (Å²) in [4.78, 5) is 67.4. The van der Waals surface area contributed by atoms with Gasteiger partial charge in [0.05, 0.1) is 28.7 Å². The van der Waals surface area contributed by atoms with E-state index in [4.69, 9.17) is 10.5 Å². The molecule has 17 nitrogen and oxygen atoms in total. The number of aryl methyl sites for hydroxylation is 1. The molecule has 1 unspecified atom stereocenters. The van der Waals surface area contributed by atoms with Crippen molar-refractivity contribution in [2.75, 3.05) is 61.3 Å². The molecule has 0 spiro atoms. The average molecular weight is 1020 g/mol. The molecule has 388 valence electrons. The number of anilines is 3. The summed E-state index contributed by atoms with van der Waals surface area (Å²) in [7, 11) is 0. The van der Waals surface area contributed by atoms with Crippen LogP contribution in [-0.4, -0.2) is 129 Å². The zero-order chi connectivity index (χ0) is 51.8. The number of phenols is 1. The van der Waals surface area contributed by atoms with Crippen LogP contribution in [0.4, 0.5) is 21.6 Å². The zero-order valence-electron chi connectivity index (χ0n) is 42.1. The molecule has 5 aromatic rings. The highest BCUT2D eigenvalue weighted by atomic mass is 32.1. The fourth-order valence-electron chi connectivity index (χ4n) is 9.77. The van der Waals surface area contributed by atoms with Crippen molar-refractivity contribution in [3.05, 3.63) is 95.4 Å². The first-order valence-electron chi connectivity index (χ1n) is 25.2. The molecular weight excluding hydrogens is 952 g/mol. The van der Waals surface area contributed by atoms with Crippen molar-refractivity contribution in [2.24, 2.45) is 5.41 Å². The van der Waals surface area contributed by atoms with Gasteiger partial charge in [-0.1, -0.05) is 51.5 Å². The van der Waals surface area contributed by atoms with Gasteiger partial charge in [-0.25, -0.2) is 9.37 Å². The molecule has 2 aromatic heterocycles. The number of carbonyl (C=O) groups is 4. The van der Waals surface area contributed by atoms with E-state index in [1.54, 1.807) is 17.4 Å². The fourth-order valence-corrected chi connectivity index (χ4v) is 10.6. The third-order valence-electron chi connectivity index (χ3n) is 13.9. The Balaban J connectivity index is 0.738. The van der Waals surface area contributed by atoms with E-state index in [2.05, 4.69) is 59.9 Å². The highest BCUT2D eigenvalue weighted by molar-refractivity contribution is 7.13. The summed E-state index contributed by atoms with van der Waals surface area (Å²) in [5, 5.41) is 34.8. The standard InChI is InChI=1S/C54H67FN10O7S/c1-34-49(73-33-58-34)36-14-12-35(13-15-36)30-57-52(70)44-28-40(66)31-65(44)53(71)50(54(2,3)4)59-47(68)10-6-5-7-11-48(69)63-25-23-62(24-26-63)38-17-19-39(20-18-38)64-22-8-9-41(32-64)72-46-29-43(60-61-51(46)56)42-27-37(55)16-21-45(42)67/h12-21,27,29,33,40-41,44,50,66-67H,5-11,22-26,28,30-32H2,1-4H3,(H2,56,61)(H,57,70)(H,59,68)/t40-,41?,44+,50-/m1/s1. The maximum absolute atomic E-state index is 14.1.